The second kappa shape index (κ2) is 4.28. The molecule has 1 heterocycles. The van der Waals surface area contributed by atoms with E-state index in [1.54, 1.807) is 4.57 Å². The molecule has 0 bridgehead atoms. The van der Waals surface area contributed by atoms with Gasteiger partial charge in [-0.1, -0.05) is 0 Å². The minimum atomic E-state index is -0.316. The van der Waals surface area contributed by atoms with Crippen LogP contribution in [-0.4, -0.2) is 23.7 Å². The van der Waals surface area contributed by atoms with Crippen molar-refractivity contribution < 1.29 is 9.53 Å². The first-order valence-corrected chi connectivity index (χ1v) is 4.53. The molecule has 0 unspecified atom stereocenters. The van der Waals surface area contributed by atoms with Gasteiger partial charge in [0.15, 0.2) is 0 Å². The maximum absolute atomic E-state index is 11.3. The Labute approximate surface area is 83.7 Å². The molecule has 0 saturated carbocycles. The zero-order chi connectivity index (χ0) is 10.7. The summed E-state index contributed by atoms with van der Waals surface area (Å²) in [5.41, 5.74) is 7.28. The zero-order valence-electron chi connectivity index (χ0n) is 8.78. The maximum atomic E-state index is 11.3. The van der Waals surface area contributed by atoms with Crippen LogP contribution in [0.5, 0.6) is 0 Å². The average Bonchev–Trinajstić information content (AvgIpc) is 2.44. The Bertz CT molecular complexity index is 329. The van der Waals surface area contributed by atoms with Gasteiger partial charge in [0, 0.05) is 19.3 Å². The third-order valence-corrected chi connectivity index (χ3v) is 2.01. The van der Waals surface area contributed by atoms with E-state index in [-0.39, 0.29) is 12.0 Å². The van der Waals surface area contributed by atoms with Gasteiger partial charge in [0.05, 0.1) is 7.11 Å². The van der Waals surface area contributed by atoms with Gasteiger partial charge in [-0.25, -0.2) is 4.79 Å². The molecule has 1 atom stereocenters. The lowest BCUT2D eigenvalue weighted by Crippen LogP contribution is -2.17. The molecule has 78 valence electrons. The fourth-order valence-electron chi connectivity index (χ4n) is 1.42. The number of nitrogens with two attached hydrogens (primary N) is 1. The highest BCUT2D eigenvalue weighted by atomic mass is 16.5. The highest BCUT2D eigenvalue weighted by Gasteiger charge is 2.12. The van der Waals surface area contributed by atoms with E-state index < -0.39 is 0 Å². The molecule has 0 amide bonds. The first-order valence-electron chi connectivity index (χ1n) is 4.53. The molecule has 1 aromatic rings. The average molecular weight is 196 g/mol. The summed E-state index contributed by atoms with van der Waals surface area (Å²) in [5, 5.41) is 0. The van der Waals surface area contributed by atoms with E-state index in [0.29, 0.717) is 5.69 Å². The number of hydrogen-bond acceptors (Lipinski definition) is 3. The van der Waals surface area contributed by atoms with Gasteiger partial charge in [-0.2, -0.15) is 0 Å². The highest BCUT2D eigenvalue weighted by Crippen LogP contribution is 2.10. The summed E-state index contributed by atoms with van der Waals surface area (Å²) in [6, 6.07) is 1.91. The van der Waals surface area contributed by atoms with Crippen molar-refractivity contribution in [2.45, 2.75) is 19.4 Å². The third-order valence-electron chi connectivity index (χ3n) is 2.01. The molecular weight excluding hydrogens is 180 g/mol. The van der Waals surface area contributed by atoms with Gasteiger partial charge in [-0.15, -0.1) is 0 Å². The standard InChI is InChI=1S/C10H16N2O2/c1-7(11)4-8-5-9(10(13)14-3)12(2)6-8/h5-7H,4,11H2,1-3H3/t7-/m0/s1. The van der Waals surface area contributed by atoms with Crippen LogP contribution in [-0.2, 0) is 18.2 Å². The molecule has 1 rings (SSSR count). The number of carbonyl (C=O) groups excluding carboxylic acids is 1. The van der Waals surface area contributed by atoms with Crippen LogP contribution in [0.3, 0.4) is 0 Å². The van der Waals surface area contributed by atoms with Gasteiger partial charge in [0.2, 0.25) is 0 Å². The quantitative estimate of drug-likeness (QED) is 0.724. The van der Waals surface area contributed by atoms with Crippen molar-refractivity contribution in [2.75, 3.05) is 7.11 Å². The van der Waals surface area contributed by atoms with E-state index >= 15 is 0 Å². The van der Waals surface area contributed by atoms with Crippen LogP contribution in [0.4, 0.5) is 0 Å². The van der Waals surface area contributed by atoms with Crippen molar-refractivity contribution in [3.63, 3.8) is 0 Å². The molecular formula is C10H16N2O2. The van der Waals surface area contributed by atoms with Crippen molar-refractivity contribution in [3.05, 3.63) is 23.5 Å². The first kappa shape index (κ1) is 10.8. The summed E-state index contributed by atoms with van der Waals surface area (Å²) >= 11 is 0. The molecule has 2 N–H and O–H groups in total. The lowest BCUT2D eigenvalue weighted by molar-refractivity contribution is 0.0590. The number of aryl methyl sites for hydroxylation is 1. The Morgan fingerprint density at radius 2 is 2.36 bits per heavy atom. The predicted molar refractivity (Wildman–Crippen MR) is 54.1 cm³/mol. The molecule has 0 spiro atoms. The van der Waals surface area contributed by atoms with Crippen molar-refractivity contribution in [1.29, 1.82) is 0 Å². The number of methoxy groups -OCH3 is 1. The van der Waals surface area contributed by atoms with E-state index in [0.717, 1.165) is 12.0 Å². The van der Waals surface area contributed by atoms with Crippen LogP contribution < -0.4 is 5.73 Å². The summed E-state index contributed by atoms with van der Waals surface area (Å²) in [6.07, 6.45) is 2.67. The van der Waals surface area contributed by atoms with Crippen molar-refractivity contribution in [3.8, 4) is 0 Å². The lowest BCUT2D eigenvalue weighted by Gasteiger charge is -2.00. The Hall–Kier alpha value is -1.29. The van der Waals surface area contributed by atoms with Gasteiger partial charge in [0.1, 0.15) is 5.69 Å². The minimum Gasteiger partial charge on any atom is -0.464 e. The Morgan fingerprint density at radius 3 is 2.86 bits per heavy atom. The largest absolute Gasteiger partial charge is 0.464 e. The molecule has 0 aromatic carbocycles. The molecule has 4 heteroatoms. The SMILES string of the molecule is COC(=O)c1cc(C[C@H](C)N)cn1C. The molecule has 0 aliphatic rings. The van der Waals surface area contributed by atoms with Crippen LogP contribution in [0.25, 0.3) is 0 Å². The second-order valence-corrected chi connectivity index (χ2v) is 3.52. The fourth-order valence-corrected chi connectivity index (χ4v) is 1.42. The minimum absolute atomic E-state index is 0.0999. The van der Waals surface area contributed by atoms with Crippen LogP contribution >= 0.6 is 0 Å². The van der Waals surface area contributed by atoms with Crippen molar-refractivity contribution in [2.24, 2.45) is 12.8 Å². The monoisotopic (exact) mass is 196 g/mol. The summed E-state index contributed by atoms with van der Waals surface area (Å²) in [7, 11) is 3.19. The molecule has 0 saturated heterocycles. The smallest absolute Gasteiger partial charge is 0.354 e. The lowest BCUT2D eigenvalue weighted by atomic mass is 10.1. The summed E-state index contributed by atoms with van der Waals surface area (Å²) in [4.78, 5) is 11.3. The number of aromatic nitrogens is 1. The number of esters is 1. The van der Waals surface area contributed by atoms with E-state index in [4.69, 9.17) is 5.73 Å². The van der Waals surface area contributed by atoms with Gasteiger partial charge < -0.3 is 15.0 Å². The van der Waals surface area contributed by atoms with Crippen LogP contribution in [0.15, 0.2) is 12.3 Å². The predicted octanol–water partition coefficient (Wildman–Crippen LogP) is 0.701. The van der Waals surface area contributed by atoms with E-state index in [1.165, 1.54) is 7.11 Å². The zero-order valence-corrected chi connectivity index (χ0v) is 8.78. The molecule has 0 radical (unpaired) electrons. The second-order valence-electron chi connectivity index (χ2n) is 3.52. The van der Waals surface area contributed by atoms with Crippen LogP contribution in [0, 0.1) is 0 Å². The Balaban J connectivity index is 2.87. The van der Waals surface area contributed by atoms with Crippen molar-refractivity contribution in [1.82, 2.24) is 4.57 Å². The topological polar surface area (TPSA) is 57.2 Å². The Morgan fingerprint density at radius 1 is 1.71 bits per heavy atom. The number of rotatable bonds is 3. The van der Waals surface area contributed by atoms with Crippen LogP contribution in [0.2, 0.25) is 0 Å². The van der Waals surface area contributed by atoms with Gasteiger partial charge in [0.25, 0.3) is 0 Å². The number of ether oxygens (including phenoxy) is 1. The number of carbonyl (C=O) groups is 1. The maximum Gasteiger partial charge on any atom is 0.354 e. The fraction of sp³-hybridized carbons (Fsp3) is 0.500. The molecule has 0 fully saturated rings. The van der Waals surface area contributed by atoms with Crippen molar-refractivity contribution >= 4 is 5.97 Å². The van der Waals surface area contributed by atoms with Gasteiger partial charge >= 0.3 is 5.97 Å². The molecule has 14 heavy (non-hydrogen) atoms. The molecule has 1 aromatic heterocycles. The van der Waals surface area contributed by atoms with E-state index in [9.17, 15) is 4.79 Å². The van der Waals surface area contributed by atoms with E-state index in [2.05, 4.69) is 4.74 Å². The van der Waals surface area contributed by atoms with Gasteiger partial charge in [-0.3, -0.25) is 0 Å². The van der Waals surface area contributed by atoms with Gasteiger partial charge in [-0.05, 0) is 25.0 Å². The molecule has 4 nitrogen and oxygen atoms in total. The summed E-state index contributed by atoms with van der Waals surface area (Å²) < 4.78 is 6.40. The highest BCUT2D eigenvalue weighted by molar-refractivity contribution is 5.87. The van der Waals surface area contributed by atoms with Crippen LogP contribution in [0.1, 0.15) is 23.0 Å². The summed E-state index contributed by atoms with van der Waals surface area (Å²) in [6.45, 7) is 1.94. The Kier molecular flexibility index (Phi) is 3.30. The number of hydrogen-bond donors (Lipinski definition) is 1. The number of nitrogens with zero attached hydrogens (tertiary/aromatic N) is 1. The third kappa shape index (κ3) is 2.35. The first-order chi connectivity index (χ1) is 6.54. The van der Waals surface area contributed by atoms with E-state index in [1.807, 2.05) is 26.2 Å². The summed E-state index contributed by atoms with van der Waals surface area (Å²) in [5.74, 6) is -0.316. The molecule has 0 aliphatic heterocycles. The molecule has 0 aliphatic carbocycles. The normalized spacial score (nSPS) is 12.6.